The van der Waals surface area contributed by atoms with Gasteiger partial charge in [-0.2, -0.15) is 0 Å². The summed E-state index contributed by atoms with van der Waals surface area (Å²) in [4.78, 5) is 14.4. The number of aromatic nitrogens is 3. The lowest BCUT2D eigenvalue weighted by atomic mass is 9.96. The average Bonchev–Trinajstić information content (AvgIpc) is 3.09. The number of benzene rings is 1. The van der Waals surface area contributed by atoms with Gasteiger partial charge in [0.05, 0.1) is 24.1 Å². The second-order valence-corrected chi connectivity index (χ2v) is 7.42. The topological polar surface area (TPSA) is 77.0 Å². The van der Waals surface area contributed by atoms with Gasteiger partial charge in [-0.05, 0) is 41.8 Å². The third kappa shape index (κ3) is 4.00. The zero-order chi connectivity index (χ0) is 21.4. The molecule has 2 heterocycles. The van der Waals surface area contributed by atoms with Crippen LogP contribution in [-0.4, -0.2) is 44.2 Å². The van der Waals surface area contributed by atoms with E-state index in [0.717, 1.165) is 6.08 Å². The first kappa shape index (κ1) is 20.3. The first-order valence-electron chi connectivity index (χ1n) is 9.40. The Morgan fingerprint density at radius 3 is 2.77 bits per heavy atom. The quantitative estimate of drug-likeness (QED) is 0.771. The third-order valence-electron chi connectivity index (χ3n) is 5.16. The molecule has 1 amide bonds. The minimum absolute atomic E-state index is 0.0457. The molecule has 6 nitrogen and oxygen atoms in total. The maximum atomic E-state index is 13.9. The largest absolute Gasteiger partial charge is 0.332 e. The van der Waals surface area contributed by atoms with E-state index in [1.807, 2.05) is 0 Å². The first-order chi connectivity index (χ1) is 14.3. The maximum Gasteiger partial charge on any atom is 0.224 e. The molecule has 2 N–H and O–H groups in total. The highest BCUT2D eigenvalue weighted by Gasteiger charge is 2.28. The molecular formula is C20H19F4N5O. The molecule has 30 heavy (non-hydrogen) atoms. The molecule has 3 atom stereocenters. The summed E-state index contributed by atoms with van der Waals surface area (Å²) in [6.45, 7) is 0.388. The average molecular weight is 421 g/mol. The number of rotatable bonds is 4. The van der Waals surface area contributed by atoms with Crippen molar-refractivity contribution >= 4 is 5.91 Å². The molecule has 158 valence electrons. The molecule has 0 fully saturated rings. The molecule has 0 saturated carbocycles. The number of fused-ring (bicyclic) bond motifs is 3. The van der Waals surface area contributed by atoms with E-state index >= 15 is 0 Å². The zero-order valence-corrected chi connectivity index (χ0v) is 15.8. The van der Waals surface area contributed by atoms with Gasteiger partial charge in [-0.3, -0.25) is 4.79 Å². The number of carbonyl (C=O) groups is 1. The molecule has 0 radical (unpaired) electrons. The van der Waals surface area contributed by atoms with Crippen LogP contribution in [0.1, 0.15) is 24.1 Å². The van der Waals surface area contributed by atoms with Crippen molar-refractivity contribution in [3.05, 3.63) is 65.0 Å². The summed E-state index contributed by atoms with van der Waals surface area (Å²) in [7, 11) is 0. The van der Waals surface area contributed by atoms with Crippen molar-refractivity contribution in [2.75, 3.05) is 0 Å². The molecular weight excluding hydrogens is 402 g/mol. The Labute approximate surface area is 169 Å². The Morgan fingerprint density at radius 2 is 1.97 bits per heavy atom. The predicted molar refractivity (Wildman–Crippen MR) is 99.8 cm³/mol. The van der Waals surface area contributed by atoms with Crippen molar-refractivity contribution in [1.29, 1.82) is 0 Å². The van der Waals surface area contributed by atoms with E-state index in [0.29, 0.717) is 23.0 Å². The van der Waals surface area contributed by atoms with Crippen LogP contribution in [0.4, 0.5) is 17.6 Å². The van der Waals surface area contributed by atoms with Gasteiger partial charge in [0.2, 0.25) is 5.91 Å². The van der Waals surface area contributed by atoms with E-state index in [9.17, 15) is 22.4 Å². The maximum absolute atomic E-state index is 13.9. The van der Waals surface area contributed by atoms with Crippen LogP contribution in [0.5, 0.6) is 0 Å². The Bertz CT molecular complexity index is 1030. The van der Waals surface area contributed by atoms with Crippen LogP contribution in [0.3, 0.4) is 0 Å². The van der Waals surface area contributed by atoms with E-state index in [4.69, 9.17) is 5.73 Å². The SMILES string of the molecule is N[C@@H](CC(=O)N1Cc2ccc(F)cc2-n2nncc2C1)CC1=CC(F)C(F)C=C1F. The fraction of sp³-hybridized carbons (Fsp3) is 0.350. The highest BCUT2D eigenvalue weighted by molar-refractivity contribution is 5.77. The minimum atomic E-state index is -2.02. The number of nitrogens with zero attached hydrogens (tertiary/aromatic N) is 4. The van der Waals surface area contributed by atoms with Gasteiger partial charge in [0.25, 0.3) is 0 Å². The molecule has 0 saturated heterocycles. The molecule has 2 unspecified atom stereocenters. The second kappa shape index (κ2) is 8.02. The van der Waals surface area contributed by atoms with Crippen LogP contribution in [0, 0.1) is 5.82 Å². The monoisotopic (exact) mass is 421 g/mol. The molecule has 1 aromatic carbocycles. The summed E-state index contributed by atoms with van der Waals surface area (Å²) in [6, 6.07) is 3.41. The van der Waals surface area contributed by atoms with E-state index < -0.39 is 30.0 Å². The third-order valence-corrected chi connectivity index (χ3v) is 5.16. The van der Waals surface area contributed by atoms with Gasteiger partial charge in [-0.25, -0.2) is 22.2 Å². The van der Waals surface area contributed by atoms with Gasteiger partial charge < -0.3 is 10.6 Å². The van der Waals surface area contributed by atoms with E-state index in [2.05, 4.69) is 10.3 Å². The Hall–Kier alpha value is -3.01. The van der Waals surface area contributed by atoms with Crippen molar-refractivity contribution in [1.82, 2.24) is 19.9 Å². The standard InChI is InChI=1S/C20H19F4N5O/c21-13-2-1-11-9-28(10-15-8-26-27-29(15)19(11)5-13)20(30)6-14(25)3-12-4-17(23)18(24)7-16(12)22/h1-2,4-5,7-8,14,17-18H,3,6,9-10,25H2/t14-,17?,18?/m1/s1. The molecule has 1 aromatic heterocycles. The molecule has 1 aliphatic carbocycles. The molecule has 0 spiro atoms. The number of hydrogen-bond acceptors (Lipinski definition) is 4. The zero-order valence-electron chi connectivity index (χ0n) is 15.8. The number of hydrogen-bond donors (Lipinski definition) is 1. The number of alkyl halides is 2. The molecule has 4 rings (SSSR count). The van der Waals surface area contributed by atoms with E-state index in [1.54, 1.807) is 6.07 Å². The summed E-state index contributed by atoms with van der Waals surface area (Å²) >= 11 is 0. The molecule has 2 aromatic rings. The Morgan fingerprint density at radius 1 is 1.20 bits per heavy atom. The summed E-state index contributed by atoms with van der Waals surface area (Å²) in [5.74, 6) is -1.61. The van der Waals surface area contributed by atoms with Crippen LogP contribution in [0.2, 0.25) is 0 Å². The number of allylic oxidation sites excluding steroid dienone is 3. The van der Waals surface area contributed by atoms with Crippen LogP contribution in [-0.2, 0) is 17.9 Å². The number of amides is 1. The van der Waals surface area contributed by atoms with Gasteiger partial charge in [0.1, 0.15) is 11.6 Å². The van der Waals surface area contributed by atoms with Gasteiger partial charge in [-0.15, -0.1) is 5.10 Å². The fourth-order valence-electron chi connectivity index (χ4n) is 3.64. The van der Waals surface area contributed by atoms with Crippen LogP contribution < -0.4 is 5.73 Å². The normalized spacial score (nSPS) is 21.8. The van der Waals surface area contributed by atoms with Crippen LogP contribution >= 0.6 is 0 Å². The lowest BCUT2D eigenvalue weighted by Gasteiger charge is -2.23. The summed E-state index contributed by atoms with van der Waals surface area (Å²) < 4.78 is 55.8. The lowest BCUT2D eigenvalue weighted by molar-refractivity contribution is -0.132. The number of halogens is 4. The summed E-state index contributed by atoms with van der Waals surface area (Å²) in [6.07, 6.45) is -1.25. The molecule has 0 bridgehead atoms. The first-order valence-corrected chi connectivity index (χ1v) is 9.40. The number of carbonyl (C=O) groups excluding carboxylic acids is 1. The van der Waals surface area contributed by atoms with Crippen molar-refractivity contribution in [2.24, 2.45) is 5.73 Å². The Balaban J connectivity index is 1.48. The van der Waals surface area contributed by atoms with Gasteiger partial charge in [-0.1, -0.05) is 11.3 Å². The summed E-state index contributed by atoms with van der Waals surface area (Å²) in [5, 5.41) is 7.80. The smallest absolute Gasteiger partial charge is 0.224 e. The number of nitrogens with two attached hydrogens (primary N) is 1. The van der Waals surface area contributed by atoms with Crippen molar-refractivity contribution in [3.63, 3.8) is 0 Å². The highest BCUT2D eigenvalue weighted by atomic mass is 19.2. The van der Waals surface area contributed by atoms with Gasteiger partial charge in [0, 0.05) is 19.0 Å². The molecule has 1 aliphatic heterocycles. The van der Waals surface area contributed by atoms with E-state index in [-0.39, 0.29) is 37.4 Å². The van der Waals surface area contributed by atoms with Crippen molar-refractivity contribution in [3.8, 4) is 5.69 Å². The molecule has 10 heteroatoms. The van der Waals surface area contributed by atoms with Crippen LogP contribution in [0.15, 0.2) is 47.9 Å². The Kier molecular flexibility index (Phi) is 5.42. The predicted octanol–water partition coefficient (Wildman–Crippen LogP) is 2.83. The minimum Gasteiger partial charge on any atom is -0.332 e. The van der Waals surface area contributed by atoms with Crippen molar-refractivity contribution in [2.45, 2.75) is 44.3 Å². The molecule has 2 aliphatic rings. The van der Waals surface area contributed by atoms with Crippen LogP contribution in [0.25, 0.3) is 5.69 Å². The second-order valence-electron chi connectivity index (χ2n) is 7.42. The van der Waals surface area contributed by atoms with Gasteiger partial charge >= 0.3 is 0 Å². The van der Waals surface area contributed by atoms with E-state index in [1.165, 1.54) is 27.9 Å². The fourth-order valence-corrected chi connectivity index (χ4v) is 3.64. The van der Waals surface area contributed by atoms with Crippen molar-refractivity contribution < 1.29 is 22.4 Å². The lowest BCUT2D eigenvalue weighted by Crippen LogP contribution is -2.35. The summed E-state index contributed by atoms with van der Waals surface area (Å²) in [5.41, 5.74) is 7.73. The van der Waals surface area contributed by atoms with Gasteiger partial charge in [0.15, 0.2) is 12.3 Å². The highest BCUT2D eigenvalue weighted by Crippen LogP contribution is 2.28.